The molecule has 4 nitrogen and oxygen atoms in total. The van der Waals surface area contributed by atoms with Gasteiger partial charge in [0.05, 0.1) is 7.11 Å². The fourth-order valence-corrected chi connectivity index (χ4v) is 0.944. The number of benzene rings is 1. The largest absolute Gasteiger partial charge is 0.502 e. The Morgan fingerprint density at radius 3 is 2.64 bits per heavy atom. The van der Waals surface area contributed by atoms with E-state index < -0.39 is 5.97 Å². The van der Waals surface area contributed by atoms with E-state index in [0.717, 1.165) is 0 Å². The van der Waals surface area contributed by atoms with Crippen LogP contribution in [-0.4, -0.2) is 18.2 Å². The number of esters is 1. The molecule has 0 aliphatic carbocycles. The topological polar surface area (TPSA) is 55.8 Å². The van der Waals surface area contributed by atoms with E-state index in [1.807, 2.05) is 0 Å². The number of carbonyl (C=O) groups excluding carboxylic acids is 1. The predicted molar refractivity (Wildman–Crippen MR) is 50.6 cm³/mol. The van der Waals surface area contributed by atoms with Gasteiger partial charge in [0.1, 0.15) is 0 Å². The van der Waals surface area contributed by atoms with Gasteiger partial charge in [-0.2, -0.15) is 0 Å². The predicted octanol–water partition coefficient (Wildman–Crippen LogP) is 1.72. The third-order valence-corrected chi connectivity index (χ3v) is 1.69. The molecular weight excluding hydrogens is 184 g/mol. The second-order valence-corrected chi connectivity index (χ2v) is 2.63. The molecule has 0 aliphatic rings. The maximum Gasteiger partial charge on any atom is 0.311 e. The molecule has 0 heterocycles. The van der Waals surface area contributed by atoms with E-state index in [-0.39, 0.29) is 23.7 Å². The van der Waals surface area contributed by atoms with Gasteiger partial charge in [0.15, 0.2) is 11.5 Å². The van der Waals surface area contributed by atoms with Crippen LogP contribution < -0.4 is 9.47 Å². The van der Waals surface area contributed by atoms with Crippen LogP contribution in [0.5, 0.6) is 17.2 Å². The number of aromatic hydroxyl groups is 1. The van der Waals surface area contributed by atoms with Crippen molar-refractivity contribution in [1.29, 1.82) is 0 Å². The summed E-state index contributed by atoms with van der Waals surface area (Å²) >= 11 is 0. The number of hydrogen-bond donors (Lipinski definition) is 1. The molecule has 0 saturated heterocycles. The second kappa shape index (κ2) is 4.50. The van der Waals surface area contributed by atoms with Crippen molar-refractivity contribution < 1.29 is 19.4 Å². The van der Waals surface area contributed by atoms with Crippen LogP contribution in [0, 0.1) is 0 Å². The Hall–Kier alpha value is -1.71. The lowest BCUT2D eigenvalue weighted by atomic mass is 10.3. The maximum absolute atomic E-state index is 11.0. The van der Waals surface area contributed by atoms with E-state index in [4.69, 9.17) is 9.47 Å². The van der Waals surface area contributed by atoms with Crippen molar-refractivity contribution in [1.82, 2.24) is 0 Å². The molecule has 0 aliphatic heterocycles. The van der Waals surface area contributed by atoms with Crippen LogP contribution in [0.1, 0.15) is 13.3 Å². The normalized spacial score (nSPS) is 9.57. The summed E-state index contributed by atoms with van der Waals surface area (Å²) in [6, 6.07) is 4.72. The standard InChI is InChI=1S/C10H12O4/c1-3-9(11)14-8-6-4-5-7(13-2)10(8)12/h4-6,12H,3H2,1-2H3. The SMILES string of the molecule is CCC(=O)Oc1cccc(OC)c1O. The fourth-order valence-electron chi connectivity index (χ4n) is 0.944. The number of methoxy groups -OCH3 is 1. The molecule has 0 radical (unpaired) electrons. The highest BCUT2D eigenvalue weighted by Gasteiger charge is 2.10. The quantitative estimate of drug-likeness (QED) is 0.590. The number of phenols is 1. The molecule has 0 saturated carbocycles. The van der Waals surface area contributed by atoms with E-state index >= 15 is 0 Å². The Bertz CT molecular complexity index is 333. The minimum atomic E-state index is -0.395. The molecule has 1 rings (SSSR count). The van der Waals surface area contributed by atoms with Crippen LogP contribution in [0.15, 0.2) is 18.2 Å². The zero-order valence-electron chi connectivity index (χ0n) is 8.11. The number of carbonyl (C=O) groups is 1. The zero-order valence-corrected chi connectivity index (χ0v) is 8.11. The van der Waals surface area contributed by atoms with Crippen LogP contribution >= 0.6 is 0 Å². The van der Waals surface area contributed by atoms with Crippen LogP contribution in [0.3, 0.4) is 0 Å². The van der Waals surface area contributed by atoms with Gasteiger partial charge in [-0.15, -0.1) is 0 Å². The van der Waals surface area contributed by atoms with Crippen molar-refractivity contribution in [2.24, 2.45) is 0 Å². The molecular formula is C10H12O4. The first kappa shape index (κ1) is 10.4. The zero-order chi connectivity index (χ0) is 10.6. The maximum atomic E-state index is 11.0. The average Bonchev–Trinajstić information content (AvgIpc) is 2.21. The van der Waals surface area contributed by atoms with Gasteiger partial charge in [0.25, 0.3) is 0 Å². The number of rotatable bonds is 3. The molecule has 0 spiro atoms. The van der Waals surface area contributed by atoms with Gasteiger partial charge < -0.3 is 14.6 Å². The summed E-state index contributed by atoms with van der Waals surface area (Å²) in [5.74, 6) is -0.145. The first-order valence-corrected chi connectivity index (χ1v) is 4.25. The molecule has 0 amide bonds. The highest BCUT2D eigenvalue weighted by Crippen LogP contribution is 2.35. The summed E-state index contributed by atoms with van der Waals surface area (Å²) < 4.78 is 9.73. The lowest BCUT2D eigenvalue weighted by molar-refractivity contribution is -0.134. The molecule has 0 atom stereocenters. The first-order chi connectivity index (χ1) is 6.69. The third kappa shape index (κ3) is 2.16. The van der Waals surface area contributed by atoms with Gasteiger partial charge in [0, 0.05) is 6.42 Å². The molecule has 14 heavy (non-hydrogen) atoms. The highest BCUT2D eigenvalue weighted by molar-refractivity contribution is 5.73. The van der Waals surface area contributed by atoms with Gasteiger partial charge in [0.2, 0.25) is 5.75 Å². The lowest BCUT2D eigenvalue weighted by Gasteiger charge is -2.07. The Morgan fingerprint density at radius 1 is 1.43 bits per heavy atom. The summed E-state index contributed by atoms with van der Waals surface area (Å²) in [6.07, 6.45) is 0.261. The summed E-state index contributed by atoms with van der Waals surface area (Å²) in [7, 11) is 1.43. The number of phenolic OH excluding ortho intramolecular Hbond substituents is 1. The van der Waals surface area contributed by atoms with Crippen LogP contribution in [0.25, 0.3) is 0 Å². The van der Waals surface area contributed by atoms with Gasteiger partial charge in [-0.25, -0.2) is 0 Å². The summed E-state index contributed by atoms with van der Waals surface area (Å²) in [6.45, 7) is 1.68. The van der Waals surface area contributed by atoms with Crippen molar-refractivity contribution in [2.75, 3.05) is 7.11 Å². The van der Waals surface area contributed by atoms with Gasteiger partial charge in [-0.3, -0.25) is 4.79 Å². The summed E-state index contributed by atoms with van der Waals surface area (Å²) in [5, 5.41) is 9.53. The van der Waals surface area contributed by atoms with Crippen LogP contribution in [0.2, 0.25) is 0 Å². The molecule has 4 heteroatoms. The van der Waals surface area contributed by atoms with Crippen LogP contribution in [0.4, 0.5) is 0 Å². The third-order valence-electron chi connectivity index (χ3n) is 1.69. The average molecular weight is 196 g/mol. The molecule has 1 N–H and O–H groups in total. The molecule has 1 aromatic rings. The number of ether oxygens (including phenoxy) is 2. The van der Waals surface area contributed by atoms with Crippen LogP contribution in [-0.2, 0) is 4.79 Å². The molecule has 76 valence electrons. The second-order valence-electron chi connectivity index (χ2n) is 2.63. The van der Waals surface area contributed by atoms with Crippen molar-refractivity contribution >= 4 is 5.97 Å². The van der Waals surface area contributed by atoms with E-state index in [1.165, 1.54) is 13.2 Å². The van der Waals surface area contributed by atoms with Gasteiger partial charge in [-0.05, 0) is 12.1 Å². The summed E-state index contributed by atoms with van der Waals surface area (Å²) in [5.41, 5.74) is 0. The Balaban J connectivity index is 2.92. The van der Waals surface area contributed by atoms with E-state index in [2.05, 4.69) is 0 Å². The first-order valence-electron chi connectivity index (χ1n) is 4.25. The molecule has 0 fully saturated rings. The number of hydrogen-bond acceptors (Lipinski definition) is 4. The molecule has 0 unspecified atom stereocenters. The minimum absolute atomic E-state index is 0.121. The van der Waals surface area contributed by atoms with Crippen molar-refractivity contribution in [3.05, 3.63) is 18.2 Å². The lowest BCUT2D eigenvalue weighted by Crippen LogP contribution is -2.05. The Labute approximate surface area is 82.1 Å². The van der Waals surface area contributed by atoms with E-state index in [1.54, 1.807) is 19.1 Å². The number of para-hydroxylation sites is 1. The molecule has 0 aromatic heterocycles. The van der Waals surface area contributed by atoms with Gasteiger partial charge >= 0.3 is 5.97 Å². The molecule has 0 bridgehead atoms. The van der Waals surface area contributed by atoms with Crippen molar-refractivity contribution in [2.45, 2.75) is 13.3 Å². The van der Waals surface area contributed by atoms with Crippen molar-refractivity contribution in [3.8, 4) is 17.2 Å². The smallest absolute Gasteiger partial charge is 0.311 e. The van der Waals surface area contributed by atoms with Gasteiger partial charge in [-0.1, -0.05) is 13.0 Å². The van der Waals surface area contributed by atoms with E-state index in [9.17, 15) is 9.90 Å². The monoisotopic (exact) mass is 196 g/mol. The Morgan fingerprint density at radius 2 is 2.07 bits per heavy atom. The Kier molecular flexibility index (Phi) is 3.34. The van der Waals surface area contributed by atoms with Crippen molar-refractivity contribution in [3.63, 3.8) is 0 Å². The highest BCUT2D eigenvalue weighted by atomic mass is 16.5. The van der Waals surface area contributed by atoms with E-state index in [0.29, 0.717) is 0 Å². The fraction of sp³-hybridized carbons (Fsp3) is 0.300. The molecule has 1 aromatic carbocycles. The minimum Gasteiger partial charge on any atom is -0.502 e. The summed E-state index contributed by atoms with van der Waals surface area (Å²) in [4.78, 5) is 11.0.